The molecule has 0 heterocycles. The number of rotatable bonds is 3. The van der Waals surface area contributed by atoms with Crippen molar-refractivity contribution in [2.75, 3.05) is 0 Å². The van der Waals surface area contributed by atoms with Crippen LogP contribution >= 0.6 is 0 Å². The maximum absolute atomic E-state index is 10.8. The molecule has 0 saturated carbocycles. The van der Waals surface area contributed by atoms with E-state index in [0.29, 0.717) is 5.75 Å². The van der Waals surface area contributed by atoms with E-state index in [9.17, 15) is 4.79 Å². The summed E-state index contributed by atoms with van der Waals surface area (Å²) in [6, 6.07) is 17.4. The topological polar surface area (TPSA) is 38.3 Å². The Bertz CT molecular complexity index is 509. The molecule has 0 atom stereocenters. The van der Waals surface area contributed by atoms with Gasteiger partial charge in [-0.05, 0) is 11.6 Å². The van der Waals surface area contributed by atoms with E-state index in [0.717, 1.165) is 11.1 Å². The fourth-order valence-corrected chi connectivity index (χ4v) is 1.54. The molecule has 0 spiro atoms. The average molecular weight is 227 g/mol. The predicted octanol–water partition coefficient (Wildman–Crippen LogP) is 2.78. The van der Waals surface area contributed by atoms with E-state index >= 15 is 0 Å². The van der Waals surface area contributed by atoms with Gasteiger partial charge in [0.25, 0.3) is 0 Å². The molecule has 0 radical (unpaired) electrons. The van der Waals surface area contributed by atoms with Crippen LogP contribution in [0.4, 0.5) is 0 Å². The monoisotopic (exact) mass is 227 g/mol. The van der Waals surface area contributed by atoms with Crippen LogP contribution in [-0.4, -0.2) is 5.91 Å². The first-order valence-corrected chi connectivity index (χ1v) is 5.35. The number of carbonyl (C=O) groups excluding carboxylic acids is 1. The zero-order chi connectivity index (χ0) is 12.1. The van der Waals surface area contributed by atoms with Crippen molar-refractivity contribution in [1.82, 2.24) is 5.48 Å². The summed E-state index contributed by atoms with van der Waals surface area (Å²) < 4.78 is 0. The van der Waals surface area contributed by atoms with Gasteiger partial charge < -0.3 is 4.84 Å². The molecule has 17 heavy (non-hydrogen) atoms. The van der Waals surface area contributed by atoms with E-state index in [2.05, 4.69) is 5.48 Å². The lowest BCUT2D eigenvalue weighted by Gasteiger charge is -2.10. The van der Waals surface area contributed by atoms with E-state index in [1.165, 1.54) is 6.92 Å². The molecule has 0 aromatic heterocycles. The van der Waals surface area contributed by atoms with E-state index in [1.54, 1.807) is 0 Å². The van der Waals surface area contributed by atoms with Gasteiger partial charge in [0.05, 0.1) is 0 Å². The summed E-state index contributed by atoms with van der Waals surface area (Å²) in [5.41, 5.74) is 4.33. The molecule has 2 aromatic rings. The van der Waals surface area contributed by atoms with E-state index in [1.807, 2.05) is 54.6 Å². The minimum Gasteiger partial charge on any atom is -0.379 e. The molecule has 2 rings (SSSR count). The molecule has 0 aliphatic carbocycles. The van der Waals surface area contributed by atoms with Crippen LogP contribution in [-0.2, 0) is 4.79 Å². The Morgan fingerprint density at radius 2 is 1.65 bits per heavy atom. The Balaban J connectivity index is 2.31. The minimum absolute atomic E-state index is 0.229. The SMILES string of the molecule is CC(=O)NOc1ccccc1-c1ccccc1. The highest BCUT2D eigenvalue weighted by atomic mass is 16.7. The Labute approximate surface area is 100.0 Å². The summed E-state index contributed by atoms with van der Waals surface area (Å²) >= 11 is 0. The molecule has 0 unspecified atom stereocenters. The van der Waals surface area contributed by atoms with Crippen LogP contribution in [0.3, 0.4) is 0 Å². The first kappa shape index (κ1) is 11.2. The van der Waals surface area contributed by atoms with Crippen molar-refractivity contribution < 1.29 is 9.63 Å². The third-order valence-corrected chi connectivity index (χ3v) is 2.28. The van der Waals surface area contributed by atoms with Gasteiger partial charge in [-0.25, -0.2) is 0 Å². The minimum atomic E-state index is -0.229. The highest BCUT2D eigenvalue weighted by molar-refractivity contribution is 5.73. The summed E-state index contributed by atoms with van der Waals surface area (Å²) in [5.74, 6) is 0.404. The van der Waals surface area contributed by atoms with Gasteiger partial charge in [-0.1, -0.05) is 48.5 Å². The molecule has 0 saturated heterocycles. The molecule has 2 aromatic carbocycles. The summed E-state index contributed by atoms with van der Waals surface area (Å²) in [5, 5.41) is 0. The lowest BCUT2D eigenvalue weighted by atomic mass is 10.1. The van der Waals surface area contributed by atoms with Crippen LogP contribution in [0, 0.1) is 0 Å². The van der Waals surface area contributed by atoms with Crippen molar-refractivity contribution in [2.45, 2.75) is 6.92 Å². The summed E-state index contributed by atoms with van der Waals surface area (Å²) in [4.78, 5) is 16.1. The standard InChI is InChI=1S/C14H13NO2/c1-11(16)15-17-14-10-6-5-9-13(14)12-7-3-2-4-8-12/h2-10H,1H3,(H,15,16). The second-order valence-electron chi connectivity index (χ2n) is 3.62. The quantitative estimate of drug-likeness (QED) is 0.819. The van der Waals surface area contributed by atoms with Crippen LogP contribution in [0.1, 0.15) is 6.92 Å². The van der Waals surface area contributed by atoms with Crippen LogP contribution in [0.25, 0.3) is 11.1 Å². The normalized spacial score (nSPS) is 9.71. The third kappa shape index (κ3) is 2.84. The van der Waals surface area contributed by atoms with Crippen molar-refractivity contribution in [1.29, 1.82) is 0 Å². The molecular formula is C14H13NO2. The Hall–Kier alpha value is -2.29. The van der Waals surface area contributed by atoms with Crippen LogP contribution in [0.2, 0.25) is 0 Å². The maximum Gasteiger partial charge on any atom is 0.249 e. The first-order valence-electron chi connectivity index (χ1n) is 5.35. The summed E-state index contributed by atoms with van der Waals surface area (Å²) in [6.07, 6.45) is 0. The van der Waals surface area contributed by atoms with Crippen LogP contribution in [0.5, 0.6) is 5.75 Å². The van der Waals surface area contributed by atoms with Gasteiger partial charge in [0.15, 0.2) is 5.75 Å². The number of benzene rings is 2. The van der Waals surface area contributed by atoms with Crippen LogP contribution < -0.4 is 10.3 Å². The highest BCUT2D eigenvalue weighted by Gasteiger charge is 2.05. The van der Waals surface area contributed by atoms with Gasteiger partial charge in [-0.3, -0.25) is 4.79 Å². The largest absolute Gasteiger partial charge is 0.379 e. The van der Waals surface area contributed by atoms with Crippen molar-refractivity contribution in [3.63, 3.8) is 0 Å². The summed E-state index contributed by atoms with van der Waals surface area (Å²) in [7, 11) is 0. The molecule has 0 aliphatic rings. The number of para-hydroxylation sites is 1. The molecule has 1 N–H and O–H groups in total. The Morgan fingerprint density at radius 3 is 2.35 bits per heavy atom. The number of hydrogen-bond acceptors (Lipinski definition) is 2. The fraction of sp³-hybridized carbons (Fsp3) is 0.0714. The van der Waals surface area contributed by atoms with Gasteiger partial charge >= 0.3 is 0 Å². The van der Waals surface area contributed by atoms with Crippen molar-refractivity contribution in [2.24, 2.45) is 0 Å². The molecule has 0 aliphatic heterocycles. The second kappa shape index (κ2) is 5.16. The predicted molar refractivity (Wildman–Crippen MR) is 66.3 cm³/mol. The highest BCUT2D eigenvalue weighted by Crippen LogP contribution is 2.28. The molecule has 1 amide bonds. The van der Waals surface area contributed by atoms with Gasteiger partial charge in [0.1, 0.15) is 0 Å². The molecule has 0 bridgehead atoms. The van der Waals surface area contributed by atoms with Crippen molar-refractivity contribution >= 4 is 5.91 Å². The second-order valence-corrected chi connectivity index (χ2v) is 3.62. The van der Waals surface area contributed by atoms with Gasteiger partial charge in [-0.2, -0.15) is 5.48 Å². The first-order chi connectivity index (χ1) is 8.27. The number of carbonyl (C=O) groups is 1. The number of nitrogens with one attached hydrogen (secondary N) is 1. The maximum atomic E-state index is 10.8. The fourth-order valence-electron chi connectivity index (χ4n) is 1.54. The van der Waals surface area contributed by atoms with Crippen molar-refractivity contribution in [3.05, 3.63) is 54.6 Å². The van der Waals surface area contributed by atoms with E-state index in [-0.39, 0.29) is 5.91 Å². The van der Waals surface area contributed by atoms with Gasteiger partial charge in [0, 0.05) is 12.5 Å². The number of amides is 1. The Morgan fingerprint density at radius 1 is 1.00 bits per heavy atom. The molecule has 86 valence electrons. The van der Waals surface area contributed by atoms with Gasteiger partial charge in [-0.15, -0.1) is 0 Å². The smallest absolute Gasteiger partial charge is 0.249 e. The third-order valence-electron chi connectivity index (χ3n) is 2.28. The number of hydrogen-bond donors (Lipinski definition) is 1. The average Bonchev–Trinajstić information content (AvgIpc) is 2.38. The lowest BCUT2D eigenvalue weighted by Crippen LogP contribution is -2.23. The molecule has 3 heteroatoms. The molecule has 3 nitrogen and oxygen atoms in total. The zero-order valence-corrected chi connectivity index (χ0v) is 9.51. The Kier molecular flexibility index (Phi) is 3.40. The molecule has 0 fully saturated rings. The van der Waals surface area contributed by atoms with Crippen molar-refractivity contribution in [3.8, 4) is 16.9 Å². The molecular weight excluding hydrogens is 214 g/mol. The number of hydroxylamine groups is 1. The lowest BCUT2D eigenvalue weighted by molar-refractivity contribution is -0.125. The zero-order valence-electron chi connectivity index (χ0n) is 9.51. The van der Waals surface area contributed by atoms with E-state index < -0.39 is 0 Å². The van der Waals surface area contributed by atoms with Crippen LogP contribution in [0.15, 0.2) is 54.6 Å². The summed E-state index contributed by atoms with van der Waals surface area (Å²) in [6.45, 7) is 1.41. The van der Waals surface area contributed by atoms with Gasteiger partial charge in [0.2, 0.25) is 5.91 Å². The van der Waals surface area contributed by atoms with E-state index in [4.69, 9.17) is 4.84 Å².